The van der Waals surface area contributed by atoms with E-state index in [1.54, 1.807) is 0 Å². The van der Waals surface area contributed by atoms with Crippen molar-refractivity contribution in [2.75, 3.05) is 0 Å². The van der Waals surface area contributed by atoms with Gasteiger partial charge in [0.25, 0.3) is 0 Å². The van der Waals surface area contributed by atoms with Gasteiger partial charge in [0.05, 0.1) is 6.10 Å². The predicted molar refractivity (Wildman–Crippen MR) is 79.8 cm³/mol. The molecule has 1 aromatic carbocycles. The quantitative estimate of drug-likeness (QED) is 0.798. The molecule has 1 heteroatoms. The summed E-state index contributed by atoms with van der Waals surface area (Å²) >= 11 is 0. The van der Waals surface area contributed by atoms with E-state index in [4.69, 9.17) is 0 Å². The number of fused-ring (bicyclic) bond motifs is 2. The second-order valence-corrected chi connectivity index (χ2v) is 7.19. The van der Waals surface area contributed by atoms with Crippen LogP contribution < -0.4 is 0 Å². The highest BCUT2D eigenvalue weighted by atomic mass is 16.3. The lowest BCUT2D eigenvalue weighted by Gasteiger charge is -2.36. The summed E-state index contributed by atoms with van der Waals surface area (Å²) in [6.45, 7) is 9.01. The molecule has 3 rings (SSSR count). The largest absolute Gasteiger partial charge is 0.388 e. The Morgan fingerprint density at radius 2 is 1.79 bits per heavy atom. The van der Waals surface area contributed by atoms with Gasteiger partial charge in [-0.2, -0.15) is 0 Å². The lowest BCUT2D eigenvalue weighted by molar-refractivity contribution is 0.0264. The number of aryl methyl sites for hydroxylation is 1. The van der Waals surface area contributed by atoms with Gasteiger partial charge < -0.3 is 5.11 Å². The molecular formula is C18H24O. The summed E-state index contributed by atoms with van der Waals surface area (Å²) in [5.74, 6) is 0.536. The molecule has 3 unspecified atom stereocenters. The minimum Gasteiger partial charge on any atom is -0.388 e. The first kappa shape index (κ1) is 12.9. The molecule has 2 aliphatic carbocycles. The van der Waals surface area contributed by atoms with Crippen molar-refractivity contribution in [3.63, 3.8) is 0 Å². The zero-order valence-corrected chi connectivity index (χ0v) is 12.4. The van der Waals surface area contributed by atoms with Gasteiger partial charge in [-0.25, -0.2) is 0 Å². The fraction of sp³-hybridized carbons (Fsp3) is 0.556. The van der Waals surface area contributed by atoms with Crippen molar-refractivity contribution in [2.45, 2.75) is 46.6 Å². The van der Waals surface area contributed by atoms with Crippen LogP contribution in [0, 0.1) is 23.7 Å². The Kier molecular flexibility index (Phi) is 2.69. The molecule has 0 radical (unpaired) electrons. The molecule has 0 spiro atoms. The number of rotatable bonds is 1. The first-order valence-corrected chi connectivity index (χ1v) is 7.32. The van der Waals surface area contributed by atoms with Crippen molar-refractivity contribution >= 4 is 6.08 Å². The highest BCUT2D eigenvalue weighted by Crippen LogP contribution is 2.67. The molecule has 0 saturated heterocycles. The Bertz CT molecular complexity index is 523. The van der Waals surface area contributed by atoms with Gasteiger partial charge in [0.1, 0.15) is 0 Å². The molecule has 1 nitrogen and oxygen atoms in total. The van der Waals surface area contributed by atoms with Crippen LogP contribution in [0.15, 0.2) is 29.8 Å². The van der Waals surface area contributed by atoms with Crippen molar-refractivity contribution in [2.24, 2.45) is 16.7 Å². The van der Waals surface area contributed by atoms with Gasteiger partial charge in [0.2, 0.25) is 0 Å². The maximum atomic E-state index is 10.7. The van der Waals surface area contributed by atoms with Gasteiger partial charge >= 0.3 is 0 Å². The molecule has 19 heavy (non-hydrogen) atoms. The van der Waals surface area contributed by atoms with E-state index in [0.29, 0.717) is 5.92 Å². The number of aliphatic hydroxyl groups excluding tert-OH is 1. The van der Waals surface area contributed by atoms with Crippen LogP contribution >= 0.6 is 0 Å². The van der Waals surface area contributed by atoms with Crippen molar-refractivity contribution in [1.82, 2.24) is 0 Å². The second kappa shape index (κ2) is 3.96. The zero-order valence-electron chi connectivity index (χ0n) is 12.4. The Morgan fingerprint density at radius 3 is 2.32 bits per heavy atom. The first-order valence-electron chi connectivity index (χ1n) is 7.32. The van der Waals surface area contributed by atoms with E-state index in [-0.39, 0.29) is 16.9 Å². The third kappa shape index (κ3) is 1.64. The molecule has 1 N–H and O–H groups in total. The molecule has 0 aromatic heterocycles. The van der Waals surface area contributed by atoms with Crippen LogP contribution in [0.4, 0.5) is 0 Å². The summed E-state index contributed by atoms with van der Waals surface area (Å²) in [6, 6.07) is 8.57. The highest BCUT2D eigenvalue weighted by Gasteiger charge is 2.63. The normalized spacial score (nSPS) is 38.1. The van der Waals surface area contributed by atoms with Crippen LogP contribution in [0.2, 0.25) is 0 Å². The molecule has 2 aliphatic rings. The molecule has 2 fully saturated rings. The summed E-state index contributed by atoms with van der Waals surface area (Å²) in [7, 11) is 0. The summed E-state index contributed by atoms with van der Waals surface area (Å²) in [4.78, 5) is 0. The standard InChI is InChI=1S/C18H24O/c1-12-5-7-13(8-6-12)11-14-15-9-10-18(4,16(14)19)17(15,2)3/h5-8,11,15-16,19H,9-10H2,1-4H3/b14-11-. The van der Waals surface area contributed by atoms with E-state index < -0.39 is 0 Å². The summed E-state index contributed by atoms with van der Waals surface area (Å²) < 4.78 is 0. The molecule has 1 aromatic rings. The maximum Gasteiger partial charge on any atom is 0.0815 e. The molecule has 0 aliphatic heterocycles. The fourth-order valence-electron chi connectivity index (χ4n) is 4.19. The predicted octanol–water partition coefficient (Wildman–Crippen LogP) is 4.20. The van der Waals surface area contributed by atoms with Crippen LogP contribution in [0.25, 0.3) is 6.08 Å². The van der Waals surface area contributed by atoms with Crippen LogP contribution in [0.1, 0.15) is 44.7 Å². The van der Waals surface area contributed by atoms with Crippen molar-refractivity contribution in [3.05, 3.63) is 41.0 Å². The second-order valence-electron chi connectivity index (χ2n) is 7.19. The smallest absolute Gasteiger partial charge is 0.0815 e. The molecular weight excluding hydrogens is 232 g/mol. The Morgan fingerprint density at radius 1 is 1.16 bits per heavy atom. The topological polar surface area (TPSA) is 20.2 Å². The number of aliphatic hydroxyl groups is 1. The fourth-order valence-corrected chi connectivity index (χ4v) is 4.19. The van der Waals surface area contributed by atoms with Crippen LogP contribution in [-0.4, -0.2) is 11.2 Å². The lowest BCUT2D eigenvalue weighted by Crippen LogP contribution is -2.35. The molecule has 3 atom stereocenters. The third-order valence-electron chi connectivity index (χ3n) is 6.03. The molecule has 0 heterocycles. The van der Waals surface area contributed by atoms with Crippen LogP contribution in [0.3, 0.4) is 0 Å². The maximum absolute atomic E-state index is 10.7. The van der Waals surface area contributed by atoms with Crippen molar-refractivity contribution < 1.29 is 5.11 Å². The average Bonchev–Trinajstić information content (AvgIpc) is 2.66. The Balaban J connectivity index is 2.01. The van der Waals surface area contributed by atoms with E-state index in [0.717, 1.165) is 6.42 Å². The van der Waals surface area contributed by atoms with Crippen molar-refractivity contribution in [3.8, 4) is 0 Å². The minimum absolute atomic E-state index is 0.0498. The van der Waals surface area contributed by atoms with Gasteiger partial charge in [0.15, 0.2) is 0 Å². The highest BCUT2D eigenvalue weighted by molar-refractivity contribution is 5.58. The summed E-state index contributed by atoms with van der Waals surface area (Å²) in [5, 5.41) is 10.7. The summed E-state index contributed by atoms with van der Waals surface area (Å²) in [6.07, 6.45) is 4.32. The van der Waals surface area contributed by atoms with E-state index in [9.17, 15) is 5.11 Å². The molecule has 102 valence electrons. The average molecular weight is 256 g/mol. The monoisotopic (exact) mass is 256 g/mol. The number of hydrogen-bond acceptors (Lipinski definition) is 1. The van der Waals surface area contributed by atoms with Gasteiger partial charge in [-0.15, -0.1) is 0 Å². The molecule has 2 saturated carbocycles. The zero-order chi connectivity index (χ0) is 13.8. The summed E-state index contributed by atoms with van der Waals surface area (Å²) in [5.41, 5.74) is 4.01. The van der Waals surface area contributed by atoms with E-state index in [1.807, 2.05) is 0 Å². The minimum atomic E-state index is -0.275. The van der Waals surface area contributed by atoms with E-state index in [2.05, 4.69) is 58.0 Å². The SMILES string of the molecule is Cc1ccc(/C=C2/C3CCC(C)(C2O)C3(C)C)cc1. The van der Waals surface area contributed by atoms with E-state index in [1.165, 1.54) is 23.1 Å². The lowest BCUT2D eigenvalue weighted by atomic mass is 9.70. The Labute approximate surface area is 116 Å². The number of benzene rings is 1. The first-order chi connectivity index (χ1) is 8.86. The molecule has 0 amide bonds. The van der Waals surface area contributed by atoms with E-state index >= 15 is 0 Å². The number of hydrogen-bond donors (Lipinski definition) is 1. The Hall–Kier alpha value is -1.08. The van der Waals surface area contributed by atoms with Gasteiger partial charge in [-0.3, -0.25) is 0 Å². The van der Waals surface area contributed by atoms with Crippen molar-refractivity contribution in [1.29, 1.82) is 0 Å². The van der Waals surface area contributed by atoms with Crippen LogP contribution in [0.5, 0.6) is 0 Å². The third-order valence-corrected chi connectivity index (χ3v) is 6.03. The van der Waals surface area contributed by atoms with Gasteiger partial charge in [-0.1, -0.05) is 56.7 Å². The van der Waals surface area contributed by atoms with Gasteiger partial charge in [-0.05, 0) is 42.2 Å². The van der Waals surface area contributed by atoms with Gasteiger partial charge in [0, 0.05) is 5.41 Å². The molecule has 2 bridgehead atoms. The van der Waals surface area contributed by atoms with Crippen LogP contribution in [-0.2, 0) is 0 Å².